The fraction of sp³-hybridized carbons (Fsp3) is 0.240. The number of carbonyl (C=O) groups is 2. The summed E-state index contributed by atoms with van der Waals surface area (Å²) in [6.07, 6.45) is 0. The van der Waals surface area contributed by atoms with Gasteiger partial charge in [0.05, 0.1) is 17.3 Å². The van der Waals surface area contributed by atoms with Crippen LogP contribution in [-0.4, -0.2) is 21.8 Å². The van der Waals surface area contributed by atoms with E-state index in [0.717, 1.165) is 16.1 Å². The third kappa shape index (κ3) is 3.73. The lowest BCUT2D eigenvalue weighted by molar-refractivity contribution is -0.132. The number of hydrogen-bond acceptors (Lipinski definition) is 5. The van der Waals surface area contributed by atoms with Gasteiger partial charge >= 0.3 is 5.91 Å². The molecule has 1 aromatic heterocycles. The lowest BCUT2D eigenvalue weighted by Crippen LogP contribution is -2.29. The Hall–Kier alpha value is -3.32. The Morgan fingerprint density at radius 1 is 1.06 bits per heavy atom. The highest BCUT2D eigenvalue weighted by Crippen LogP contribution is 2.43. The van der Waals surface area contributed by atoms with Crippen LogP contribution in [0.4, 0.5) is 9.52 Å². The van der Waals surface area contributed by atoms with Gasteiger partial charge in [-0.05, 0) is 55.2 Å². The number of carbonyl (C=O) groups excluding carboxylic acids is 2. The summed E-state index contributed by atoms with van der Waals surface area (Å²) in [5, 5.41) is 11.4. The fourth-order valence-electron chi connectivity index (χ4n) is 3.73. The third-order valence-electron chi connectivity index (χ3n) is 5.70. The predicted molar refractivity (Wildman–Crippen MR) is 123 cm³/mol. The molecule has 1 amide bonds. The van der Waals surface area contributed by atoms with Gasteiger partial charge in [-0.3, -0.25) is 14.5 Å². The van der Waals surface area contributed by atoms with Gasteiger partial charge < -0.3 is 5.11 Å². The molecular formula is C25H23FN2O3S. The van der Waals surface area contributed by atoms with Gasteiger partial charge in [-0.2, -0.15) is 0 Å². The highest BCUT2D eigenvalue weighted by atomic mass is 32.1. The molecule has 0 aliphatic carbocycles. The highest BCUT2D eigenvalue weighted by Gasteiger charge is 2.48. The first-order valence-electron chi connectivity index (χ1n) is 10.3. The Kier molecular flexibility index (Phi) is 5.69. The molecule has 1 N–H and O–H groups in total. The summed E-state index contributed by atoms with van der Waals surface area (Å²) in [7, 11) is 0. The number of benzene rings is 2. The van der Waals surface area contributed by atoms with Crippen molar-refractivity contribution in [2.75, 3.05) is 4.90 Å². The molecule has 1 aliphatic rings. The van der Waals surface area contributed by atoms with E-state index in [1.165, 1.54) is 40.5 Å². The Labute approximate surface area is 189 Å². The second-order valence-corrected chi connectivity index (χ2v) is 9.32. The Morgan fingerprint density at radius 3 is 2.22 bits per heavy atom. The van der Waals surface area contributed by atoms with Crippen LogP contribution in [0, 0.1) is 19.7 Å². The number of aromatic nitrogens is 1. The first kappa shape index (κ1) is 21.9. The number of halogens is 1. The van der Waals surface area contributed by atoms with Crippen molar-refractivity contribution in [3.8, 4) is 0 Å². The smallest absolute Gasteiger partial charge is 0.301 e. The largest absolute Gasteiger partial charge is 0.507 e. The van der Waals surface area contributed by atoms with Crippen LogP contribution in [0.3, 0.4) is 0 Å². The molecule has 1 saturated heterocycles. The van der Waals surface area contributed by atoms with Crippen molar-refractivity contribution in [3.63, 3.8) is 0 Å². The molecule has 2 aromatic carbocycles. The molecule has 0 spiro atoms. The van der Waals surface area contributed by atoms with E-state index < -0.39 is 23.5 Å². The first-order valence-corrected chi connectivity index (χ1v) is 11.1. The van der Waals surface area contributed by atoms with Gasteiger partial charge in [-0.15, -0.1) is 11.3 Å². The maximum absolute atomic E-state index is 13.4. The summed E-state index contributed by atoms with van der Waals surface area (Å²) in [5.41, 5.74) is 2.80. The molecule has 164 valence electrons. The molecule has 5 nitrogen and oxygen atoms in total. The predicted octanol–water partition coefficient (Wildman–Crippen LogP) is 5.65. The topological polar surface area (TPSA) is 70.5 Å². The molecule has 0 bridgehead atoms. The van der Waals surface area contributed by atoms with Gasteiger partial charge in [-0.25, -0.2) is 9.37 Å². The van der Waals surface area contributed by atoms with Gasteiger partial charge in [0, 0.05) is 10.4 Å². The van der Waals surface area contributed by atoms with Gasteiger partial charge in [0.2, 0.25) is 0 Å². The SMILES string of the molecule is Cc1nc(N2C(=O)C(=O)/C(=C(/O)c3ccc(F)cc3)[C@H]2c2ccc(C(C)C)cc2)sc1C. The molecule has 0 radical (unpaired) electrons. The van der Waals surface area contributed by atoms with Gasteiger partial charge in [0.1, 0.15) is 11.6 Å². The van der Waals surface area contributed by atoms with E-state index in [0.29, 0.717) is 16.6 Å². The maximum atomic E-state index is 13.4. The van der Waals surface area contributed by atoms with E-state index in [2.05, 4.69) is 18.8 Å². The van der Waals surface area contributed by atoms with Crippen molar-refractivity contribution in [2.45, 2.75) is 39.7 Å². The van der Waals surface area contributed by atoms with Crippen molar-refractivity contribution in [1.82, 2.24) is 4.98 Å². The van der Waals surface area contributed by atoms with E-state index in [-0.39, 0.29) is 16.9 Å². The molecule has 1 aliphatic heterocycles. The Balaban J connectivity index is 1.92. The Bertz CT molecular complexity index is 1210. The van der Waals surface area contributed by atoms with Crippen molar-refractivity contribution in [1.29, 1.82) is 0 Å². The van der Waals surface area contributed by atoms with Crippen LogP contribution in [0.1, 0.15) is 53.1 Å². The number of nitrogens with zero attached hydrogens (tertiary/aromatic N) is 2. The highest BCUT2D eigenvalue weighted by molar-refractivity contribution is 7.16. The quantitative estimate of drug-likeness (QED) is 0.317. The van der Waals surface area contributed by atoms with Crippen LogP contribution in [0.5, 0.6) is 0 Å². The van der Waals surface area contributed by atoms with E-state index in [1.54, 1.807) is 0 Å². The van der Waals surface area contributed by atoms with E-state index in [9.17, 15) is 19.1 Å². The number of Topliss-reactive ketones (excluding diaryl/α,β-unsaturated/α-hetero) is 1. The molecule has 1 atom stereocenters. The second kappa shape index (κ2) is 8.31. The molecule has 2 heterocycles. The van der Waals surface area contributed by atoms with E-state index in [1.807, 2.05) is 38.1 Å². The summed E-state index contributed by atoms with van der Waals surface area (Å²) in [6.45, 7) is 7.91. The van der Waals surface area contributed by atoms with Gasteiger partial charge in [0.25, 0.3) is 5.78 Å². The average molecular weight is 451 g/mol. The number of aliphatic hydroxyl groups excluding tert-OH is 1. The number of thiazole rings is 1. The number of hydrogen-bond donors (Lipinski definition) is 1. The molecule has 3 aromatic rings. The summed E-state index contributed by atoms with van der Waals surface area (Å²) in [5.74, 6) is -2.03. The van der Waals surface area contributed by atoms with Crippen LogP contribution in [0.25, 0.3) is 5.76 Å². The summed E-state index contributed by atoms with van der Waals surface area (Å²) in [4.78, 5) is 33.0. The van der Waals surface area contributed by atoms with Gasteiger partial charge in [-0.1, -0.05) is 38.1 Å². The molecule has 1 fully saturated rings. The van der Waals surface area contributed by atoms with Crippen LogP contribution in [0.2, 0.25) is 0 Å². The van der Waals surface area contributed by atoms with Crippen molar-refractivity contribution >= 4 is 33.9 Å². The van der Waals surface area contributed by atoms with Crippen LogP contribution < -0.4 is 4.90 Å². The zero-order valence-electron chi connectivity index (χ0n) is 18.2. The summed E-state index contributed by atoms with van der Waals surface area (Å²) < 4.78 is 13.4. The zero-order valence-corrected chi connectivity index (χ0v) is 19.0. The Morgan fingerprint density at radius 2 is 1.69 bits per heavy atom. The third-order valence-corrected chi connectivity index (χ3v) is 6.78. The van der Waals surface area contributed by atoms with Crippen LogP contribution in [-0.2, 0) is 9.59 Å². The van der Waals surface area contributed by atoms with Crippen molar-refractivity contribution in [2.24, 2.45) is 0 Å². The minimum Gasteiger partial charge on any atom is -0.507 e. The maximum Gasteiger partial charge on any atom is 0.301 e. The van der Waals surface area contributed by atoms with Crippen LogP contribution >= 0.6 is 11.3 Å². The van der Waals surface area contributed by atoms with E-state index >= 15 is 0 Å². The number of aryl methyl sites for hydroxylation is 2. The summed E-state index contributed by atoms with van der Waals surface area (Å²) >= 11 is 1.32. The van der Waals surface area contributed by atoms with E-state index in [4.69, 9.17) is 0 Å². The molecule has 0 saturated carbocycles. The minimum atomic E-state index is -0.841. The molecule has 32 heavy (non-hydrogen) atoms. The van der Waals surface area contributed by atoms with Gasteiger partial charge in [0.15, 0.2) is 5.13 Å². The molecule has 7 heteroatoms. The average Bonchev–Trinajstić information content (AvgIpc) is 3.23. The van der Waals surface area contributed by atoms with Crippen molar-refractivity contribution < 1.29 is 19.1 Å². The standard InChI is InChI=1S/C25H23FN2O3S/c1-13(2)16-5-7-17(8-6-16)21-20(22(29)18-9-11-19(26)12-10-18)23(30)24(31)28(21)25-27-14(3)15(4)32-25/h5-13,21,29H,1-4H3/b22-20+/t21-/m1/s1. The molecule has 0 unspecified atom stereocenters. The monoisotopic (exact) mass is 450 g/mol. The minimum absolute atomic E-state index is 0.0376. The molecule has 4 rings (SSSR count). The lowest BCUT2D eigenvalue weighted by atomic mass is 9.93. The van der Waals surface area contributed by atoms with Crippen molar-refractivity contribution in [3.05, 3.63) is 87.2 Å². The normalized spacial score (nSPS) is 18.1. The fourth-order valence-corrected chi connectivity index (χ4v) is 4.67. The second-order valence-electron chi connectivity index (χ2n) is 8.14. The number of ketones is 1. The number of amides is 1. The number of aliphatic hydroxyl groups is 1. The zero-order chi connectivity index (χ0) is 23.2. The molecular weight excluding hydrogens is 427 g/mol. The lowest BCUT2D eigenvalue weighted by Gasteiger charge is -2.23. The number of rotatable bonds is 4. The van der Waals surface area contributed by atoms with Crippen LogP contribution in [0.15, 0.2) is 54.1 Å². The number of anilines is 1. The summed E-state index contributed by atoms with van der Waals surface area (Å²) in [6, 6.07) is 12.0. The first-order chi connectivity index (χ1) is 15.2.